The minimum atomic E-state index is -0.425. The van der Waals surface area contributed by atoms with Crippen LogP contribution < -0.4 is 5.32 Å². The molecule has 0 aromatic carbocycles. The Morgan fingerprint density at radius 1 is 1.19 bits per heavy atom. The summed E-state index contributed by atoms with van der Waals surface area (Å²) < 4.78 is 0. The molecule has 6 rings (SSSR count). The van der Waals surface area contributed by atoms with E-state index in [2.05, 4.69) is 22.3 Å². The summed E-state index contributed by atoms with van der Waals surface area (Å²) in [6, 6.07) is 0. The summed E-state index contributed by atoms with van der Waals surface area (Å²) in [4.78, 5) is 6.81. The normalized spacial score (nSPS) is 61.4. The summed E-state index contributed by atoms with van der Waals surface area (Å²) in [5, 5.41) is 15.1. The second kappa shape index (κ2) is 3.42. The Hall–Kier alpha value is -0.770. The number of aliphatic hydroxyl groups is 1. The van der Waals surface area contributed by atoms with Crippen LogP contribution in [-0.4, -0.2) is 48.2 Å². The smallest absolute Gasteiger partial charge is 0.193 e. The molecule has 9 unspecified atom stereocenters. The second-order valence-corrected chi connectivity index (χ2v) is 8.66. The third-order valence-corrected chi connectivity index (χ3v) is 8.32. The van der Waals surface area contributed by atoms with Gasteiger partial charge in [0.05, 0.1) is 5.60 Å². The van der Waals surface area contributed by atoms with Crippen molar-refractivity contribution in [2.24, 2.45) is 52.3 Å². The monoisotopic (exact) mass is 287 g/mol. The van der Waals surface area contributed by atoms with Gasteiger partial charge in [-0.1, -0.05) is 0 Å². The zero-order valence-corrected chi connectivity index (χ0v) is 12.7. The second-order valence-electron chi connectivity index (χ2n) is 8.66. The number of hydrogen-bond donors (Lipinski definition) is 2. The van der Waals surface area contributed by atoms with E-state index < -0.39 is 5.60 Å². The summed E-state index contributed by atoms with van der Waals surface area (Å²) in [6.07, 6.45) is 4.04. The molecule has 2 N–H and O–H groups in total. The van der Waals surface area contributed by atoms with Crippen LogP contribution in [0.2, 0.25) is 0 Å². The minimum Gasteiger partial charge on any atom is -0.387 e. The van der Waals surface area contributed by atoms with E-state index in [1.165, 1.54) is 12.8 Å². The molecule has 1 heterocycles. The Balaban J connectivity index is 1.29. The van der Waals surface area contributed by atoms with Gasteiger partial charge in [-0.05, 0) is 66.6 Å². The van der Waals surface area contributed by atoms with E-state index in [0.717, 1.165) is 67.5 Å². The molecule has 6 aliphatic rings. The molecule has 0 aromatic heterocycles. The van der Waals surface area contributed by atoms with E-state index in [1.807, 2.05) is 0 Å². The van der Waals surface area contributed by atoms with E-state index >= 15 is 0 Å². The summed E-state index contributed by atoms with van der Waals surface area (Å²) in [6.45, 7) is 2.75. The average molecular weight is 287 g/mol. The van der Waals surface area contributed by atoms with Gasteiger partial charge in [0.1, 0.15) is 0 Å². The molecule has 0 radical (unpaired) electrons. The number of nitrogens with zero attached hydrogens (tertiary/aromatic N) is 2. The van der Waals surface area contributed by atoms with Crippen LogP contribution >= 0.6 is 0 Å². The first-order valence-electron chi connectivity index (χ1n) is 8.92. The first kappa shape index (κ1) is 11.8. The van der Waals surface area contributed by atoms with Crippen molar-refractivity contribution in [3.05, 3.63) is 0 Å². The zero-order chi connectivity index (χ0) is 13.9. The van der Waals surface area contributed by atoms with Crippen molar-refractivity contribution < 1.29 is 5.11 Å². The molecular weight excluding hydrogens is 262 g/mol. The first-order valence-corrected chi connectivity index (χ1v) is 8.92. The lowest BCUT2D eigenvalue weighted by molar-refractivity contribution is -0.126. The molecule has 5 fully saturated rings. The van der Waals surface area contributed by atoms with E-state index in [1.54, 1.807) is 0 Å². The van der Waals surface area contributed by atoms with Crippen molar-refractivity contribution in [1.29, 1.82) is 0 Å². The van der Waals surface area contributed by atoms with Gasteiger partial charge in [0, 0.05) is 26.7 Å². The van der Waals surface area contributed by atoms with Crippen LogP contribution in [0.3, 0.4) is 0 Å². The number of fused-ring (bicyclic) bond motifs is 2. The Morgan fingerprint density at radius 2 is 2.00 bits per heavy atom. The topological polar surface area (TPSA) is 47.9 Å². The first-order chi connectivity index (χ1) is 10.2. The van der Waals surface area contributed by atoms with Crippen LogP contribution in [0.1, 0.15) is 19.3 Å². The summed E-state index contributed by atoms with van der Waals surface area (Å²) in [5.41, 5.74) is -0.425. The predicted molar refractivity (Wildman–Crippen MR) is 79.7 cm³/mol. The highest BCUT2D eigenvalue weighted by Crippen LogP contribution is 2.85. The van der Waals surface area contributed by atoms with E-state index in [0.29, 0.717) is 11.8 Å². The Bertz CT molecular complexity index is 542. The molecule has 9 atom stereocenters. The third kappa shape index (κ3) is 1.09. The van der Waals surface area contributed by atoms with Gasteiger partial charge in [-0.25, -0.2) is 0 Å². The molecule has 5 saturated carbocycles. The Morgan fingerprint density at radius 3 is 2.86 bits per heavy atom. The fraction of sp³-hybridized carbons (Fsp3) is 0.941. The molecule has 4 heteroatoms. The van der Waals surface area contributed by atoms with Gasteiger partial charge in [0.15, 0.2) is 5.96 Å². The van der Waals surface area contributed by atoms with Crippen molar-refractivity contribution in [3.8, 4) is 0 Å². The van der Waals surface area contributed by atoms with Crippen LogP contribution in [0.15, 0.2) is 4.99 Å². The standard InChI is InChI=1S/C17H25N3O/c1-20-4-2-3-18-16(20)19-7-17(21)14-9-6-10-12-8(9)5-11(14)13(12)15(10)17/h8-15,21H,2-7H2,1H3,(H,18,19). The molecule has 1 aliphatic heterocycles. The lowest BCUT2D eigenvalue weighted by atomic mass is 9.56. The highest BCUT2D eigenvalue weighted by atomic mass is 16.3. The number of aliphatic imine (C=N–C) groups is 1. The zero-order valence-electron chi connectivity index (χ0n) is 12.7. The lowest BCUT2D eigenvalue weighted by Gasteiger charge is -2.51. The van der Waals surface area contributed by atoms with Gasteiger partial charge < -0.3 is 15.3 Å². The molecule has 0 saturated heterocycles. The largest absolute Gasteiger partial charge is 0.387 e. The number of nitrogens with one attached hydrogen (secondary N) is 1. The van der Waals surface area contributed by atoms with Gasteiger partial charge >= 0.3 is 0 Å². The highest BCUT2D eigenvalue weighted by Gasteiger charge is 2.84. The van der Waals surface area contributed by atoms with Crippen molar-refractivity contribution in [3.63, 3.8) is 0 Å². The summed E-state index contributed by atoms with van der Waals surface area (Å²) >= 11 is 0. The lowest BCUT2D eigenvalue weighted by Crippen LogP contribution is -2.60. The quantitative estimate of drug-likeness (QED) is 0.789. The SMILES string of the molecule is CN1CCCN=C1NCC1(O)C2C3CC4C5C3CC2C5C41. The van der Waals surface area contributed by atoms with Crippen LogP contribution in [0.5, 0.6) is 0 Å². The molecule has 114 valence electrons. The van der Waals surface area contributed by atoms with Crippen molar-refractivity contribution in [2.45, 2.75) is 24.9 Å². The number of hydrogen-bond acceptors (Lipinski definition) is 4. The molecule has 5 aliphatic carbocycles. The molecule has 0 spiro atoms. The summed E-state index contributed by atoms with van der Waals surface area (Å²) in [7, 11) is 2.11. The van der Waals surface area contributed by atoms with Crippen LogP contribution in [0, 0.1) is 47.3 Å². The fourth-order valence-corrected chi connectivity index (χ4v) is 8.09. The van der Waals surface area contributed by atoms with E-state index in [9.17, 15) is 5.11 Å². The van der Waals surface area contributed by atoms with Gasteiger partial charge in [0.2, 0.25) is 0 Å². The molecular formula is C17H25N3O. The van der Waals surface area contributed by atoms with Gasteiger partial charge in [-0.2, -0.15) is 0 Å². The van der Waals surface area contributed by atoms with Gasteiger partial charge in [0.25, 0.3) is 0 Å². The number of guanidine groups is 1. The number of rotatable bonds is 2. The fourth-order valence-electron chi connectivity index (χ4n) is 8.09. The molecule has 21 heavy (non-hydrogen) atoms. The van der Waals surface area contributed by atoms with Crippen molar-refractivity contribution in [1.82, 2.24) is 10.2 Å². The third-order valence-electron chi connectivity index (χ3n) is 8.32. The van der Waals surface area contributed by atoms with Crippen LogP contribution in [0.4, 0.5) is 0 Å². The molecule has 2 bridgehead atoms. The maximum atomic E-state index is 11.5. The van der Waals surface area contributed by atoms with E-state index in [-0.39, 0.29) is 0 Å². The van der Waals surface area contributed by atoms with E-state index in [4.69, 9.17) is 0 Å². The van der Waals surface area contributed by atoms with Gasteiger partial charge in [-0.3, -0.25) is 4.99 Å². The van der Waals surface area contributed by atoms with Crippen molar-refractivity contribution in [2.75, 3.05) is 26.7 Å². The minimum absolute atomic E-state index is 0.425. The Kier molecular flexibility index (Phi) is 1.91. The molecule has 4 nitrogen and oxygen atoms in total. The average Bonchev–Trinajstić information content (AvgIpc) is 2.97. The van der Waals surface area contributed by atoms with Gasteiger partial charge in [-0.15, -0.1) is 0 Å². The van der Waals surface area contributed by atoms with Crippen LogP contribution in [0.25, 0.3) is 0 Å². The summed E-state index contributed by atoms with van der Waals surface area (Å²) in [5.74, 6) is 7.73. The molecule has 0 aromatic rings. The maximum Gasteiger partial charge on any atom is 0.193 e. The highest BCUT2D eigenvalue weighted by molar-refractivity contribution is 5.80. The maximum absolute atomic E-state index is 11.5. The Labute approximate surface area is 126 Å². The van der Waals surface area contributed by atoms with Crippen molar-refractivity contribution >= 4 is 5.96 Å². The molecule has 0 amide bonds. The van der Waals surface area contributed by atoms with Crippen LogP contribution in [-0.2, 0) is 0 Å². The predicted octanol–water partition coefficient (Wildman–Crippen LogP) is 0.776.